The molecule has 2 heterocycles. The lowest BCUT2D eigenvalue weighted by atomic mass is 10.6. The van der Waals surface area contributed by atoms with Crippen LogP contribution in [-0.4, -0.2) is 38.5 Å². The van der Waals surface area contributed by atoms with Gasteiger partial charge in [-0.3, -0.25) is 4.79 Å². The van der Waals surface area contributed by atoms with Crippen molar-refractivity contribution in [3.63, 3.8) is 0 Å². The lowest BCUT2D eigenvalue weighted by Crippen LogP contribution is -2.24. The van der Waals surface area contributed by atoms with Crippen LogP contribution in [0.4, 0.5) is 4.39 Å². The van der Waals surface area contributed by atoms with E-state index < -0.39 is 33.3 Å². The van der Waals surface area contributed by atoms with Gasteiger partial charge in [-0.1, -0.05) is 0 Å². The smallest absolute Gasteiger partial charge is 0.287 e. The highest BCUT2D eigenvalue weighted by molar-refractivity contribution is 7.89. The normalized spacial score (nSPS) is 11.4. The number of halogens is 1. The number of hydrogen-bond acceptors (Lipinski definition) is 7. The second kappa shape index (κ2) is 4.68. The fourth-order valence-corrected chi connectivity index (χ4v) is 2.42. The minimum atomic E-state index is -4.02. The Morgan fingerprint density at radius 3 is 2.58 bits per heavy atom. The number of carbonyl (C=O) groups is 1. The summed E-state index contributed by atoms with van der Waals surface area (Å²) in [6, 6.07) is 0. The Kier molecular flexibility index (Phi) is 3.21. The van der Waals surface area contributed by atoms with E-state index in [-0.39, 0.29) is 5.82 Å². The molecule has 0 fully saturated rings. The van der Waals surface area contributed by atoms with Crippen molar-refractivity contribution < 1.29 is 17.6 Å². The number of nitrogens with zero attached hydrogens (tertiary/aromatic N) is 5. The average molecular weight is 286 g/mol. The first-order valence-corrected chi connectivity index (χ1v) is 6.40. The molecule has 0 radical (unpaired) electrons. The number of nitrogens with two attached hydrogens (primary N) is 1. The van der Waals surface area contributed by atoms with Crippen LogP contribution in [0, 0.1) is 5.82 Å². The van der Waals surface area contributed by atoms with Crippen molar-refractivity contribution in [3.8, 4) is 0 Å². The number of aromatic nitrogens is 5. The molecular weight excluding hydrogens is 279 g/mol. The SMILES string of the molecule is NC(=O)c1nncn1S(=O)(=O)Cc1ncc(F)cn1. The molecule has 11 heteroatoms. The van der Waals surface area contributed by atoms with Crippen LogP contribution in [0.3, 0.4) is 0 Å². The predicted octanol–water partition coefficient (Wildman–Crippen LogP) is -1.32. The molecule has 2 aromatic heterocycles. The quantitative estimate of drug-likeness (QED) is 0.736. The van der Waals surface area contributed by atoms with E-state index in [0.717, 1.165) is 18.7 Å². The zero-order valence-corrected chi connectivity index (χ0v) is 10.1. The van der Waals surface area contributed by atoms with Crippen molar-refractivity contribution in [1.82, 2.24) is 24.1 Å². The standard InChI is InChI=1S/C8H7FN6O3S/c9-5-1-11-6(12-2-5)3-19(17,18)15-4-13-14-8(15)7(10)16/h1-2,4H,3H2,(H2,10,16). The van der Waals surface area contributed by atoms with Gasteiger partial charge in [-0.2, -0.15) is 0 Å². The molecule has 1 amide bonds. The molecule has 0 saturated heterocycles. The van der Waals surface area contributed by atoms with Gasteiger partial charge >= 0.3 is 0 Å². The van der Waals surface area contributed by atoms with E-state index in [1.54, 1.807) is 0 Å². The maximum atomic E-state index is 12.6. The van der Waals surface area contributed by atoms with Gasteiger partial charge in [0.15, 0.2) is 5.82 Å². The highest BCUT2D eigenvalue weighted by atomic mass is 32.2. The predicted molar refractivity (Wildman–Crippen MR) is 58.6 cm³/mol. The van der Waals surface area contributed by atoms with Crippen LogP contribution in [-0.2, 0) is 15.8 Å². The van der Waals surface area contributed by atoms with Gasteiger partial charge < -0.3 is 5.73 Å². The molecular formula is C8H7FN6O3S. The third-order valence-electron chi connectivity index (χ3n) is 2.02. The highest BCUT2D eigenvalue weighted by Gasteiger charge is 2.23. The largest absolute Gasteiger partial charge is 0.363 e. The molecule has 19 heavy (non-hydrogen) atoms. The molecule has 2 N–H and O–H groups in total. The number of carbonyl (C=O) groups excluding carboxylic acids is 1. The topological polar surface area (TPSA) is 134 Å². The van der Waals surface area contributed by atoms with Crippen LogP contribution < -0.4 is 5.73 Å². The average Bonchev–Trinajstić information content (AvgIpc) is 2.82. The molecule has 2 rings (SSSR count). The van der Waals surface area contributed by atoms with E-state index in [2.05, 4.69) is 20.2 Å². The lowest BCUT2D eigenvalue weighted by molar-refractivity contribution is 0.0989. The number of primary amides is 1. The van der Waals surface area contributed by atoms with Crippen LogP contribution in [0.25, 0.3) is 0 Å². The van der Waals surface area contributed by atoms with Gasteiger partial charge in [0.1, 0.15) is 17.9 Å². The molecule has 0 spiro atoms. The van der Waals surface area contributed by atoms with E-state index in [9.17, 15) is 17.6 Å². The van der Waals surface area contributed by atoms with Gasteiger partial charge in [0, 0.05) is 0 Å². The summed E-state index contributed by atoms with van der Waals surface area (Å²) in [7, 11) is -4.02. The van der Waals surface area contributed by atoms with E-state index in [4.69, 9.17) is 5.73 Å². The number of amides is 1. The molecule has 0 bridgehead atoms. The first kappa shape index (κ1) is 13.0. The summed E-state index contributed by atoms with van der Waals surface area (Å²) in [6.45, 7) is 0. The molecule has 0 saturated carbocycles. The first-order chi connectivity index (χ1) is 8.90. The molecule has 9 nitrogen and oxygen atoms in total. The summed E-state index contributed by atoms with van der Waals surface area (Å²) in [5, 5.41) is 6.59. The summed E-state index contributed by atoms with van der Waals surface area (Å²) in [6.07, 6.45) is 2.50. The van der Waals surface area contributed by atoms with Gasteiger partial charge in [-0.15, -0.1) is 10.2 Å². The first-order valence-electron chi connectivity index (χ1n) is 4.79. The zero-order valence-electron chi connectivity index (χ0n) is 9.26. The number of hydrogen-bond donors (Lipinski definition) is 1. The molecule has 0 atom stereocenters. The summed E-state index contributed by atoms with van der Waals surface area (Å²) in [4.78, 5) is 18.0. The van der Waals surface area contributed by atoms with Crippen molar-refractivity contribution in [2.24, 2.45) is 5.73 Å². The minimum absolute atomic E-state index is 0.134. The van der Waals surface area contributed by atoms with Crippen LogP contribution in [0.5, 0.6) is 0 Å². The van der Waals surface area contributed by atoms with Gasteiger partial charge in [0.2, 0.25) is 15.8 Å². The summed E-state index contributed by atoms with van der Waals surface area (Å²) < 4.78 is 37.1. The van der Waals surface area contributed by atoms with Crippen molar-refractivity contribution in [3.05, 3.63) is 36.2 Å². The third-order valence-corrected chi connectivity index (χ3v) is 3.51. The Morgan fingerprint density at radius 2 is 2.00 bits per heavy atom. The minimum Gasteiger partial charge on any atom is -0.363 e. The molecule has 0 aliphatic heterocycles. The molecule has 0 unspecified atom stereocenters. The van der Waals surface area contributed by atoms with E-state index in [1.807, 2.05) is 0 Å². The maximum Gasteiger partial charge on any atom is 0.287 e. The molecule has 2 aromatic rings. The molecule has 100 valence electrons. The van der Waals surface area contributed by atoms with Crippen molar-refractivity contribution >= 4 is 15.9 Å². The Balaban J connectivity index is 2.35. The van der Waals surface area contributed by atoms with Crippen LogP contribution in [0.15, 0.2) is 18.7 Å². The molecule has 0 aliphatic carbocycles. The van der Waals surface area contributed by atoms with Gasteiger partial charge in [0.05, 0.1) is 12.4 Å². The van der Waals surface area contributed by atoms with Crippen LogP contribution in [0.1, 0.15) is 16.4 Å². The van der Waals surface area contributed by atoms with Crippen molar-refractivity contribution in [2.45, 2.75) is 5.75 Å². The summed E-state index contributed by atoms with van der Waals surface area (Å²) in [5.41, 5.74) is 4.96. The fourth-order valence-electron chi connectivity index (χ4n) is 1.23. The molecule has 0 aromatic carbocycles. The highest BCUT2D eigenvalue weighted by Crippen LogP contribution is 2.07. The zero-order chi connectivity index (χ0) is 14.0. The Morgan fingerprint density at radius 1 is 1.37 bits per heavy atom. The van der Waals surface area contributed by atoms with E-state index in [1.165, 1.54) is 0 Å². The summed E-state index contributed by atoms with van der Waals surface area (Å²) in [5.74, 6) is -3.04. The van der Waals surface area contributed by atoms with Crippen LogP contribution >= 0.6 is 0 Å². The monoisotopic (exact) mass is 286 g/mol. The van der Waals surface area contributed by atoms with Crippen molar-refractivity contribution in [2.75, 3.05) is 0 Å². The maximum absolute atomic E-state index is 12.6. The summed E-state index contributed by atoms with van der Waals surface area (Å²) >= 11 is 0. The Hall–Kier alpha value is -2.43. The van der Waals surface area contributed by atoms with E-state index in [0.29, 0.717) is 3.97 Å². The van der Waals surface area contributed by atoms with Gasteiger partial charge in [0.25, 0.3) is 5.91 Å². The Labute approximate surface area is 106 Å². The van der Waals surface area contributed by atoms with Crippen molar-refractivity contribution in [1.29, 1.82) is 0 Å². The molecule has 0 aliphatic rings. The lowest BCUT2D eigenvalue weighted by Gasteiger charge is -2.05. The third kappa shape index (κ3) is 2.70. The van der Waals surface area contributed by atoms with Gasteiger partial charge in [-0.25, -0.2) is 26.7 Å². The second-order valence-corrected chi connectivity index (χ2v) is 5.23. The number of rotatable bonds is 4. The van der Waals surface area contributed by atoms with Crippen LogP contribution in [0.2, 0.25) is 0 Å². The van der Waals surface area contributed by atoms with E-state index >= 15 is 0 Å². The Bertz CT molecular complexity index is 710. The fraction of sp³-hybridized carbons (Fsp3) is 0.125. The van der Waals surface area contributed by atoms with Gasteiger partial charge in [-0.05, 0) is 0 Å². The second-order valence-electron chi connectivity index (χ2n) is 3.39.